The summed E-state index contributed by atoms with van der Waals surface area (Å²) in [4.78, 5) is 4.11. The van der Waals surface area contributed by atoms with Crippen molar-refractivity contribution in [2.24, 2.45) is 0 Å². The Labute approximate surface area is 102 Å². The van der Waals surface area contributed by atoms with Gasteiger partial charge in [0.15, 0.2) is 0 Å². The highest BCUT2D eigenvalue weighted by molar-refractivity contribution is 7.87. The van der Waals surface area contributed by atoms with Gasteiger partial charge in [-0.05, 0) is 13.3 Å². The SMILES string of the molecule is CC[C@@H](NS(=O)(=O)N(C)C)c1ncnn1CC. The Bertz CT molecular complexity index is 454. The lowest BCUT2D eigenvalue weighted by Crippen LogP contribution is -2.38. The Morgan fingerprint density at radius 2 is 2.12 bits per heavy atom. The number of aryl methyl sites for hydroxylation is 1. The number of nitrogens with zero attached hydrogens (tertiary/aromatic N) is 4. The minimum atomic E-state index is -3.46. The Morgan fingerprint density at radius 1 is 1.47 bits per heavy atom. The molecule has 98 valence electrons. The third-order valence-electron chi connectivity index (χ3n) is 2.44. The van der Waals surface area contributed by atoms with Crippen LogP contribution in [0, 0.1) is 0 Å². The first kappa shape index (κ1) is 14.1. The van der Waals surface area contributed by atoms with Gasteiger partial charge in [0.25, 0.3) is 10.2 Å². The molecule has 0 amide bonds. The van der Waals surface area contributed by atoms with Crippen LogP contribution in [0.4, 0.5) is 0 Å². The fourth-order valence-corrected chi connectivity index (χ4v) is 2.23. The van der Waals surface area contributed by atoms with Gasteiger partial charge in [-0.15, -0.1) is 0 Å². The molecule has 0 aromatic carbocycles. The van der Waals surface area contributed by atoms with E-state index < -0.39 is 10.2 Å². The normalized spacial score (nSPS) is 14.2. The van der Waals surface area contributed by atoms with Gasteiger partial charge in [-0.3, -0.25) is 0 Å². The summed E-state index contributed by atoms with van der Waals surface area (Å²) < 4.78 is 28.9. The summed E-state index contributed by atoms with van der Waals surface area (Å²) in [6.45, 7) is 4.50. The third-order valence-corrected chi connectivity index (χ3v) is 3.98. The lowest BCUT2D eigenvalue weighted by Gasteiger charge is -2.19. The standard InChI is InChI=1S/C9H19N5O2S/c1-5-8(12-17(15,16)13(3)4)9-10-7-11-14(9)6-2/h7-8,12H,5-6H2,1-4H3/t8-/m1/s1. The van der Waals surface area contributed by atoms with E-state index in [0.29, 0.717) is 18.8 Å². The van der Waals surface area contributed by atoms with E-state index in [1.807, 2.05) is 13.8 Å². The van der Waals surface area contributed by atoms with Crippen LogP contribution in [0.25, 0.3) is 0 Å². The minimum Gasteiger partial charge on any atom is -0.249 e. The molecule has 0 spiro atoms. The molecule has 0 saturated heterocycles. The Balaban J connectivity index is 2.94. The molecule has 0 saturated carbocycles. The Morgan fingerprint density at radius 3 is 2.59 bits per heavy atom. The van der Waals surface area contributed by atoms with Crippen LogP contribution in [0.2, 0.25) is 0 Å². The molecular weight excluding hydrogens is 242 g/mol. The first-order valence-electron chi connectivity index (χ1n) is 5.49. The lowest BCUT2D eigenvalue weighted by molar-refractivity contribution is 0.465. The second-order valence-corrected chi connectivity index (χ2v) is 5.72. The van der Waals surface area contributed by atoms with Crippen LogP contribution in [-0.4, -0.2) is 41.6 Å². The Kier molecular flexibility index (Phi) is 4.61. The summed E-state index contributed by atoms with van der Waals surface area (Å²) in [5, 5.41) is 4.04. The summed E-state index contributed by atoms with van der Waals surface area (Å²) in [6, 6.07) is -0.357. The van der Waals surface area contributed by atoms with Crippen molar-refractivity contribution in [3.05, 3.63) is 12.2 Å². The van der Waals surface area contributed by atoms with Crippen molar-refractivity contribution in [2.45, 2.75) is 32.9 Å². The topological polar surface area (TPSA) is 80.1 Å². The van der Waals surface area contributed by atoms with Crippen LogP contribution >= 0.6 is 0 Å². The van der Waals surface area contributed by atoms with Gasteiger partial charge in [-0.1, -0.05) is 6.92 Å². The fourth-order valence-electron chi connectivity index (χ4n) is 1.39. The highest BCUT2D eigenvalue weighted by Crippen LogP contribution is 2.15. The van der Waals surface area contributed by atoms with Gasteiger partial charge >= 0.3 is 0 Å². The molecule has 1 atom stereocenters. The van der Waals surface area contributed by atoms with Crippen molar-refractivity contribution in [1.29, 1.82) is 0 Å². The summed E-state index contributed by atoms with van der Waals surface area (Å²) in [5.74, 6) is 0.639. The van der Waals surface area contributed by atoms with Gasteiger partial charge < -0.3 is 0 Å². The summed E-state index contributed by atoms with van der Waals surface area (Å²) in [5.41, 5.74) is 0. The van der Waals surface area contributed by atoms with Gasteiger partial charge in [0.1, 0.15) is 12.2 Å². The molecule has 17 heavy (non-hydrogen) atoms. The van der Waals surface area contributed by atoms with Crippen LogP contribution in [0.15, 0.2) is 6.33 Å². The van der Waals surface area contributed by atoms with Crippen LogP contribution in [0.5, 0.6) is 0 Å². The van der Waals surface area contributed by atoms with Gasteiger partial charge in [0.2, 0.25) is 0 Å². The van der Waals surface area contributed by atoms with Gasteiger partial charge in [0.05, 0.1) is 6.04 Å². The van der Waals surface area contributed by atoms with E-state index in [1.165, 1.54) is 20.4 Å². The second kappa shape index (κ2) is 5.56. The van der Waals surface area contributed by atoms with Crippen LogP contribution in [0.1, 0.15) is 32.1 Å². The molecule has 0 unspecified atom stereocenters. The predicted octanol–water partition coefficient (Wildman–Crippen LogP) is 0.145. The Hall–Kier alpha value is -0.990. The number of nitrogens with one attached hydrogen (secondary N) is 1. The van der Waals surface area contributed by atoms with Crippen molar-refractivity contribution >= 4 is 10.2 Å². The largest absolute Gasteiger partial charge is 0.279 e. The molecule has 0 aliphatic heterocycles. The van der Waals surface area contributed by atoms with E-state index in [9.17, 15) is 8.42 Å². The molecule has 0 aliphatic carbocycles. The molecule has 0 aliphatic rings. The summed E-state index contributed by atoms with van der Waals surface area (Å²) in [6.07, 6.45) is 2.05. The molecule has 1 aromatic rings. The zero-order chi connectivity index (χ0) is 13.1. The average molecular weight is 261 g/mol. The lowest BCUT2D eigenvalue weighted by atomic mass is 10.2. The quantitative estimate of drug-likeness (QED) is 0.790. The number of hydrogen-bond donors (Lipinski definition) is 1. The zero-order valence-corrected chi connectivity index (χ0v) is 11.4. The van der Waals surface area contributed by atoms with Crippen molar-refractivity contribution in [2.75, 3.05) is 14.1 Å². The molecule has 8 heteroatoms. The van der Waals surface area contributed by atoms with Gasteiger partial charge in [0, 0.05) is 20.6 Å². The third kappa shape index (κ3) is 3.24. The van der Waals surface area contributed by atoms with Gasteiger partial charge in [-0.25, -0.2) is 9.67 Å². The molecule has 0 fully saturated rings. The molecule has 1 heterocycles. The van der Waals surface area contributed by atoms with Gasteiger partial charge in [-0.2, -0.15) is 22.5 Å². The first-order valence-corrected chi connectivity index (χ1v) is 6.93. The molecule has 1 N–H and O–H groups in total. The van der Waals surface area contributed by atoms with E-state index >= 15 is 0 Å². The van der Waals surface area contributed by atoms with Crippen molar-refractivity contribution in [1.82, 2.24) is 23.8 Å². The van der Waals surface area contributed by atoms with E-state index in [2.05, 4.69) is 14.8 Å². The van der Waals surface area contributed by atoms with Crippen molar-refractivity contribution in [3.63, 3.8) is 0 Å². The van der Waals surface area contributed by atoms with Crippen LogP contribution in [0.3, 0.4) is 0 Å². The van der Waals surface area contributed by atoms with E-state index in [4.69, 9.17) is 0 Å². The minimum absolute atomic E-state index is 0.357. The van der Waals surface area contributed by atoms with Crippen LogP contribution in [-0.2, 0) is 16.8 Å². The maximum atomic E-state index is 11.8. The number of rotatable bonds is 6. The number of hydrogen-bond acceptors (Lipinski definition) is 4. The predicted molar refractivity (Wildman–Crippen MR) is 64.5 cm³/mol. The van der Waals surface area contributed by atoms with E-state index in [1.54, 1.807) is 4.68 Å². The molecule has 0 bridgehead atoms. The number of aromatic nitrogens is 3. The summed E-state index contributed by atoms with van der Waals surface area (Å²) in [7, 11) is -0.487. The molecule has 0 radical (unpaired) electrons. The van der Waals surface area contributed by atoms with Crippen LogP contribution < -0.4 is 4.72 Å². The van der Waals surface area contributed by atoms with E-state index in [0.717, 1.165) is 4.31 Å². The maximum Gasteiger partial charge on any atom is 0.279 e. The molecule has 1 rings (SSSR count). The average Bonchev–Trinajstić information content (AvgIpc) is 2.73. The molecular formula is C9H19N5O2S. The highest BCUT2D eigenvalue weighted by atomic mass is 32.2. The smallest absolute Gasteiger partial charge is 0.249 e. The molecule has 1 aromatic heterocycles. The monoisotopic (exact) mass is 261 g/mol. The fraction of sp³-hybridized carbons (Fsp3) is 0.778. The zero-order valence-electron chi connectivity index (χ0n) is 10.6. The second-order valence-electron chi connectivity index (χ2n) is 3.80. The van der Waals surface area contributed by atoms with Crippen molar-refractivity contribution in [3.8, 4) is 0 Å². The summed E-state index contributed by atoms with van der Waals surface area (Å²) >= 11 is 0. The first-order chi connectivity index (χ1) is 7.92. The van der Waals surface area contributed by atoms with E-state index in [-0.39, 0.29) is 6.04 Å². The molecule has 7 nitrogen and oxygen atoms in total. The maximum absolute atomic E-state index is 11.8. The van der Waals surface area contributed by atoms with Crippen molar-refractivity contribution < 1.29 is 8.42 Å². The highest BCUT2D eigenvalue weighted by Gasteiger charge is 2.23.